The van der Waals surface area contributed by atoms with Gasteiger partial charge in [-0.25, -0.2) is 0 Å². The van der Waals surface area contributed by atoms with Gasteiger partial charge in [0.2, 0.25) is 0 Å². The summed E-state index contributed by atoms with van der Waals surface area (Å²) in [5.74, 6) is 0. The van der Waals surface area contributed by atoms with Crippen LogP contribution < -0.4 is 0 Å². The van der Waals surface area contributed by atoms with E-state index in [-0.39, 0.29) is 0 Å². The fourth-order valence-corrected chi connectivity index (χ4v) is 9.20. The van der Waals surface area contributed by atoms with Crippen LogP contribution in [0.25, 0.3) is 100 Å². The molecule has 2 heterocycles. The van der Waals surface area contributed by atoms with Crippen LogP contribution in [0.15, 0.2) is 237 Å². The SMILES string of the molecule is Cc1ccc(-c2c3ccc(-n4c(-c5ccccc5)ccc4-c4ccccc4)cc3c(-c3ccccc3)c3ccc(-n4c(-c5ccccc5)ccc4-c4ccccc4)cc23)cc1. The van der Waals surface area contributed by atoms with Crippen molar-refractivity contribution in [1.82, 2.24) is 9.13 Å². The molecule has 0 radical (unpaired) electrons. The van der Waals surface area contributed by atoms with Gasteiger partial charge in [0.1, 0.15) is 0 Å². The molecular weight excluding hydrogens is 737 g/mol. The number of aromatic nitrogens is 2. The summed E-state index contributed by atoms with van der Waals surface area (Å²) < 4.78 is 4.86. The van der Waals surface area contributed by atoms with E-state index in [1.165, 1.54) is 71.6 Å². The standard InChI is InChI=1S/C59H42N2/c1-41-27-29-47(30-28-41)59-51-34-32-48(60-54(42-17-7-2-8-18-42)35-36-55(60)43-19-9-3-10-20-43)39-52(51)58(46-25-15-6-16-26-46)50-33-31-49(40-53(50)59)61-56(44-21-11-4-12-22-44)37-38-57(61)45-23-13-5-14-24-45/h2-40H,1H3. The van der Waals surface area contributed by atoms with Crippen LogP contribution in [-0.4, -0.2) is 9.13 Å². The van der Waals surface area contributed by atoms with Gasteiger partial charge in [-0.1, -0.05) is 194 Å². The molecule has 11 rings (SSSR count). The molecule has 61 heavy (non-hydrogen) atoms. The molecule has 2 nitrogen and oxygen atoms in total. The summed E-state index contributed by atoms with van der Waals surface area (Å²) in [5.41, 5.74) is 17.6. The molecule has 0 aliphatic carbocycles. The van der Waals surface area contributed by atoms with E-state index in [1.54, 1.807) is 0 Å². The number of fused-ring (bicyclic) bond motifs is 2. The van der Waals surface area contributed by atoms with Crippen LogP contribution in [-0.2, 0) is 0 Å². The van der Waals surface area contributed by atoms with Gasteiger partial charge in [0, 0.05) is 11.4 Å². The average molecular weight is 779 g/mol. The second-order valence-corrected chi connectivity index (χ2v) is 15.8. The lowest BCUT2D eigenvalue weighted by Crippen LogP contribution is -2.02. The van der Waals surface area contributed by atoms with E-state index in [1.807, 2.05) is 0 Å². The van der Waals surface area contributed by atoms with E-state index < -0.39 is 0 Å². The molecule has 0 saturated carbocycles. The van der Waals surface area contributed by atoms with Gasteiger partial charge >= 0.3 is 0 Å². The largest absolute Gasteiger partial charge is 0.309 e. The highest BCUT2D eigenvalue weighted by atomic mass is 15.0. The van der Waals surface area contributed by atoms with Crippen LogP contribution in [0.3, 0.4) is 0 Å². The van der Waals surface area contributed by atoms with Crippen molar-refractivity contribution in [3.05, 3.63) is 242 Å². The van der Waals surface area contributed by atoms with Crippen molar-refractivity contribution < 1.29 is 0 Å². The van der Waals surface area contributed by atoms with Crippen molar-refractivity contribution in [2.75, 3.05) is 0 Å². The summed E-state index contributed by atoms with van der Waals surface area (Å²) in [6.45, 7) is 2.16. The van der Waals surface area contributed by atoms with Gasteiger partial charge in [-0.3, -0.25) is 0 Å². The van der Waals surface area contributed by atoms with Crippen molar-refractivity contribution >= 4 is 21.5 Å². The molecule has 0 aliphatic rings. The average Bonchev–Trinajstić information content (AvgIpc) is 3.99. The van der Waals surface area contributed by atoms with Crippen LogP contribution >= 0.6 is 0 Å². The maximum atomic E-state index is 2.43. The van der Waals surface area contributed by atoms with Crippen molar-refractivity contribution in [2.45, 2.75) is 6.92 Å². The maximum absolute atomic E-state index is 2.43. The van der Waals surface area contributed by atoms with E-state index in [0.717, 1.165) is 34.2 Å². The molecule has 0 N–H and O–H groups in total. The first-order valence-electron chi connectivity index (χ1n) is 21.0. The van der Waals surface area contributed by atoms with Gasteiger partial charge in [-0.15, -0.1) is 0 Å². The quantitative estimate of drug-likeness (QED) is 0.136. The Balaban J connectivity index is 1.24. The number of aryl methyl sites for hydroxylation is 1. The number of benzene rings is 9. The summed E-state index contributed by atoms with van der Waals surface area (Å²) in [5, 5.41) is 4.85. The lowest BCUT2D eigenvalue weighted by molar-refractivity contribution is 1.10. The monoisotopic (exact) mass is 778 g/mol. The molecule has 2 heteroatoms. The molecule has 0 atom stereocenters. The van der Waals surface area contributed by atoms with Crippen molar-refractivity contribution in [1.29, 1.82) is 0 Å². The van der Waals surface area contributed by atoms with Gasteiger partial charge in [0.15, 0.2) is 0 Å². The highest BCUT2D eigenvalue weighted by Gasteiger charge is 2.22. The Kier molecular flexibility index (Phi) is 9.09. The lowest BCUT2D eigenvalue weighted by atomic mass is 9.85. The fraction of sp³-hybridized carbons (Fsp3) is 0.0169. The molecule has 0 spiro atoms. The van der Waals surface area contributed by atoms with Crippen LogP contribution in [0.1, 0.15) is 5.56 Å². The Morgan fingerprint density at radius 2 is 0.541 bits per heavy atom. The minimum atomic E-state index is 1.12. The second kappa shape index (κ2) is 15.3. The van der Waals surface area contributed by atoms with Gasteiger partial charge in [0.05, 0.1) is 22.8 Å². The molecule has 0 fully saturated rings. The van der Waals surface area contributed by atoms with Crippen molar-refractivity contribution in [3.8, 4) is 78.7 Å². The Bertz CT molecular complexity index is 3190. The van der Waals surface area contributed by atoms with Crippen molar-refractivity contribution in [3.63, 3.8) is 0 Å². The van der Waals surface area contributed by atoms with Crippen molar-refractivity contribution in [2.24, 2.45) is 0 Å². The zero-order chi connectivity index (χ0) is 40.7. The maximum Gasteiger partial charge on any atom is 0.0535 e. The predicted octanol–water partition coefficient (Wildman–Crippen LogP) is 15.9. The smallest absolute Gasteiger partial charge is 0.0535 e. The Labute approximate surface area is 356 Å². The first-order valence-corrected chi connectivity index (χ1v) is 21.0. The summed E-state index contributed by atoms with van der Waals surface area (Å²) in [4.78, 5) is 0. The molecule has 0 unspecified atom stereocenters. The molecule has 0 aliphatic heterocycles. The first kappa shape index (κ1) is 36.2. The molecule has 2 aromatic heterocycles. The predicted molar refractivity (Wildman–Crippen MR) is 257 cm³/mol. The van der Waals surface area contributed by atoms with Gasteiger partial charge < -0.3 is 9.13 Å². The summed E-state index contributed by atoms with van der Waals surface area (Å²) in [6.07, 6.45) is 0. The fourth-order valence-electron chi connectivity index (χ4n) is 9.20. The summed E-state index contributed by atoms with van der Waals surface area (Å²) >= 11 is 0. The van der Waals surface area contributed by atoms with Crippen LogP contribution in [0.5, 0.6) is 0 Å². The van der Waals surface area contributed by atoms with Crippen LogP contribution in [0.4, 0.5) is 0 Å². The minimum Gasteiger partial charge on any atom is -0.309 e. The van der Waals surface area contributed by atoms with Crippen LogP contribution in [0, 0.1) is 6.92 Å². The highest BCUT2D eigenvalue weighted by molar-refractivity contribution is 6.22. The zero-order valence-electron chi connectivity index (χ0n) is 33.9. The number of nitrogens with zero attached hydrogens (tertiary/aromatic N) is 2. The summed E-state index contributed by atoms with van der Waals surface area (Å²) in [6, 6.07) is 86.2. The molecule has 0 saturated heterocycles. The van der Waals surface area contributed by atoms with E-state index in [2.05, 4.69) is 253 Å². The normalized spacial score (nSPS) is 11.4. The van der Waals surface area contributed by atoms with Gasteiger partial charge in [0.25, 0.3) is 0 Å². The lowest BCUT2D eigenvalue weighted by Gasteiger charge is -2.22. The number of hydrogen-bond donors (Lipinski definition) is 0. The Morgan fingerprint density at radius 3 is 0.869 bits per heavy atom. The third kappa shape index (κ3) is 6.46. The summed E-state index contributed by atoms with van der Waals surface area (Å²) in [7, 11) is 0. The number of rotatable bonds is 8. The van der Waals surface area contributed by atoms with Gasteiger partial charge in [-0.2, -0.15) is 0 Å². The third-order valence-corrected chi connectivity index (χ3v) is 12.0. The molecule has 0 amide bonds. The topological polar surface area (TPSA) is 9.86 Å². The van der Waals surface area contributed by atoms with Gasteiger partial charge in [-0.05, 0) is 122 Å². The highest BCUT2D eigenvalue weighted by Crippen LogP contribution is 2.46. The number of hydrogen-bond acceptors (Lipinski definition) is 0. The molecule has 0 bridgehead atoms. The molecular formula is C59H42N2. The van der Waals surface area contributed by atoms with E-state index in [0.29, 0.717) is 0 Å². The van der Waals surface area contributed by atoms with E-state index in [9.17, 15) is 0 Å². The molecule has 288 valence electrons. The van der Waals surface area contributed by atoms with E-state index in [4.69, 9.17) is 0 Å². The van der Waals surface area contributed by atoms with E-state index >= 15 is 0 Å². The molecule has 11 aromatic rings. The van der Waals surface area contributed by atoms with Crippen LogP contribution in [0.2, 0.25) is 0 Å². The third-order valence-electron chi connectivity index (χ3n) is 12.0. The second-order valence-electron chi connectivity index (χ2n) is 15.8. The first-order chi connectivity index (χ1) is 30.2. The Hall–Kier alpha value is -7.94. The Morgan fingerprint density at radius 1 is 0.246 bits per heavy atom. The molecule has 9 aromatic carbocycles. The zero-order valence-corrected chi connectivity index (χ0v) is 33.9. The minimum absolute atomic E-state index is 1.12.